The maximum absolute atomic E-state index is 9.75. The highest BCUT2D eigenvalue weighted by Crippen LogP contribution is 2.45. The Morgan fingerprint density at radius 3 is 2.00 bits per heavy atom. The van der Waals surface area contributed by atoms with E-state index in [0.29, 0.717) is 5.92 Å². The molecule has 1 aliphatic carbocycles. The molecule has 0 N–H and O–H groups in total. The summed E-state index contributed by atoms with van der Waals surface area (Å²) >= 11 is 0. The first-order valence-electron chi connectivity index (χ1n) is 14.0. The van der Waals surface area contributed by atoms with Crippen LogP contribution in [-0.2, 0) is 6.42 Å². The minimum Gasteiger partial charge on any atom is -0.236 e. The molecule has 2 aromatic rings. The first-order valence-corrected chi connectivity index (χ1v) is 14.0. The number of nitriles is 1. The molecule has 1 fully saturated rings. The first kappa shape index (κ1) is 26.4. The van der Waals surface area contributed by atoms with Crippen LogP contribution in [0.4, 0.5) is 0 Å². The Labute approximate surface area is 208 Å². The van der Waals surface area contributed by atoms with Gasteiger partial charge >= 0.3 is 0 Å². The first-order chi connectivity index (χ1) is 16.7. The van der Waals surface area contributed by atoms with Crippen molar-refractivity contribution < 1.29 is 0 Å². The van der Waals surface area contributed by atoms with Gasteiger partial charge in [0.05, 0.1) is 11.5 Å². The summed E-state index contributed by atoms with van der Waals surface area (Å²) in [6.45, 7) is 4.49. The number of unbranched alkanes of at least 4 members (excludes halogenated alkanes) is 8. The van der Waals surface area contributed by atoms with Gasteiger partial charge in [0.1, 0.15) is 0 Å². The average Bonchev–Trinajstić information content (AvgIpc) is 2.90. The van der Waals surface area contributed by atoms with Crippen molar-refractivity contribution >= 4 is 0 Å². The average molecular weight is 460 g/mol. The summed E-state index contributed by atoms with van der Waals surface area (Å²) in [4.78, 5) is 9.30. The van der Waals surface area contributed by atoms with Crippen LogP contribution in [0.2, 0.25) is 0 Å². The van der Waals surface area contributed by atoms with E-state index in [0.717, 1.165) is 49.9 Å². The van der Waals surface area contributed by atoms with Gasteiger partial charge in [-0.15, -0.1) is 0 Å². The van der Waals surface area contributed by atoms with Crippen molar-refractivity contribution in [1.29, 1.82) is 5.26 Å². The molecule has 1 saturated carbocycles. The highest BCUT2D eigenvalue weighted by Gasteiger charge is 2.35. The van der Waals surface area contributed by atoms with Gasteiger partial charge in [-0.3, -0.25) is 0 Å². The SMILES string of the molecule is CCCCCCCCCCc1cnc(-c2ccc(C3CCC(C#N)(CCCC)CC3)cc2)nc1. The highest BCUT2D eigenvalue weighted by atomic mass is 14.9. The molecule has 1 aromatic carbocycles. The molecular formula is C31H45N3. The van der Waals surface area contributed by atoms with Gasteiger partial charge in [0.2, 0.25) is 0 Å². The second-order valence-corrected chi connectivity index (χ2v) is 10.5. The third kappa shape index (κ3) is 7.93. The molecule has 1 aromatic heterocycles. The van der Waals surface area contributed by atoms with E-state index in [1.165, 1.54) is 75.3 Å². The van der Waals surface area contributed by atoms with E-state index in [-0.39, 0.29) is 5.41 Å². The van der Waals surface area contributed by atoms with Gasteiger partial charge in [-0.1, -0.05) is 95.9 Å². The van der Waals surface area contributed by atoms with Crippen molar-refractivity contribution in [3.63, 3.8) is 0 Å². The van der Waals surface area contributed by atoms with Gasteiger partial charge in [0.15, 0.2) is 5.82 Å². The van der Waals surface area contributed by atoms with E-state index in [4.69, 9.17) is 0 Å². The number of hydrogen-bond donors (Lipinski definition) is 0. The minimum absolute atomic E-state index is 0.0727. The van der Waals surface area contributed by atoms with Crippen LogP contribution < -0.4 is 0 Å². The van der Waals surface area contributed by atoms with Crippen LogP contribution in [-0.4, -0.2) is 9.97 Å². The van der Waals surface area contributed by atoms with Crippen LogP contribution in [0.15, 0.2) is 36.7 Å². The van der Waals surface area contributed by atoms with E-state index in [1.54, 1.807) is 0 Å². The van der Waals surface area contributed by atoms with Crippen molar-refractivity contribution in [2.45, 2.75) is 122 Å². The van der Waals surface area contributed by atoms with Crippen LogP contribution in [0.25, 0.3) is 11.4 Å². The zero-order chi connectivity index (χ0) is 24.1. The predicted molar refractivity (Wildman–Crippen MR) is 143 cm³/mol. The number of aryl methyl sites for hydroxylation is 1. The normalized spacial score (nSPS) is 20.2. The fourth-order valence-corrected chi connectivity index (χ4v) is 5.44. The fourth-order valence-electron chi connectivity index (χ4n) is 5.44. The quantitative estimate of drug-likeness (QED) is 0.264. The van der Waals surface area contributed by atoms with Crippen molar-refractivity contribution in [3.8, 4) is 17.5 Å². The Hall–Kier alpha value is -2.21. The molecule has 0 aliphatic heterocycles. The van der Waals surface area contributed by atoms with Crippen LogP contribution in [0, 0.1) is 16.7 Å². The molecule has 184 valence electrons. The molecule has 3 nitrogen and oxygen atoms in total. The molecule has 3 rings (SSSR count). The van der Waals surface area contributed by atoms with Gasteiger partial charge in [-0.25, -0.2) is 9.97 Å². The van der Waals surface area contributed by atoms with Gasteiger partial charge < -0.3 is 0 Å². The lowest BCUT2D eigenvalue weighted by Crippen LogP contribution is -2.25. The van der Waals surface area contributed by atoms with E-state index < -0.39 is 0 Å². The Morgan fingerprint density at radius 1 is 0.824 bits per heavy atom. The number of hydrogen-bond acceptors (Lipinski definition) is 3. The molecule has 1 aliphatic rings. The maximum atomic E-state index is 9.75. The van der Waals surface area contributed by atoms with E-state index >= 15 is 0 Å². The van der Waals surface area contributed by atoms with E-state index in [9.17, 15) is 5.26 Å². The third-order valence-electron chi connectivity index (χ3n) is 7.85. The molecular weight excluding hydrogens is 414 g/mol. The number of aromatic nitrogens is 2. The summed E-state index contributed by atoms with van der Waals surface area (Å²) in [7, 11) is 0. The number of nitrogens with zero attached hydrogens (tertiary/aromatic N) is 3. The highest BCUT2D eigenvalue weighted by molar-refractivity contribution is 5.55. The molecule has 0 bridgehead atoms. The van der Waals surface area contributed by atoms with Crippen molar-refractivity contribution in [3.05, 3.63) is 47.8 Å². The Kier molecular flexibility index (Phi) is 11.1. The fraction of sp³-hybridized carbons (Fsp3) is 0.645. The summed E-state index contributed by atoms with van der Waals surface area (Å²) < 4.78 is 0. The minimum atomic E-state index is -0.0727. The van der Waals surface area contributed by atoms with Gasteiger partial charge in [-0.05, 0) is 62.0 Å². The van der Waals surface area contributed by atoms with Crippen LogP contribution in [0.3, 0.4) is 0 Å². The third-order valence-corrected chi connectivity index (χ3v) is 7.85. The lowest BCUT2D eigenvalue weighted by Gasteiger charge is -2.35. The second-order valence-electron chi connectivity index (χ2n) is 10.5. The molecule has 0 spiro atoms. The molecule has 0 unspecified atom stereocenters. The summed E-state index contributed by atoms with van der Waals surface area (Å²) in [5, 5.41) is 9.75. The molecule has 0 radical (unpaired) electrons. The second kappa shape index (κ2) is 14.2. The monoisotopic (exact) mass is 459 g/mol. The lowest BCUT2D eigenvalue weighted by atomic mass is 9.67. The lowest BCUT2D eigenvalue weighted by molar-refractivity contribution is 0.224. The Bertz CT molecular complexity index is 855. The molecule has 0 saturated heterocycles. The summed E-state index contributed by atoms with van der Waals surface area (Å²) in [5.41, 5.74) is 3.67. The Morgan fingerprint density at radius 2 is 1.41 bits per heavy atom. The van der Waals surface area contributed by atoms with Crippen LogP contribution >= 0.6 is 0 Å². The molecule has 34 heavy (non-hydrogen) atoms. The summed E-state index contributed by atoms with van der Waals surface area (Å²) in [6.07, 6.45) is 23.6. The zero-order valence-corrected chi connectivity index (χ0v) is 21.7. The number of benzene rings is 1. The summed E-state index contributed by atoms with van der Waals surface area (Å²) in [5.74, 6) is 1.39. The zero-order valence-electron chi connectivity index (χ0n) is 21.7. The topological polar surface area (TPSA) is 49.6 Å². The smallest absolute Gasteiger partial charge is 0.159 e. The molecule has 1 heterocycles. The van der Waals surface area contributed by atoms with Crippen molar-refractivity contribution in [2.75, 3.05) is 0 Å². The van der Waals surface area contributed by atoms with Crippen LogP contribution in [0.1, 0.15) is 127 Å². The van der Waals surface area contributed by atoms with E-state index in [1.807, 2.05) is 12.4 Å². The Balaban J connectivity index is 1.44. The van der Waals surface area contributed by atoms with Crippen LogP contribution in [0.5, 0.6) is 0 Å². The standard InChI is InChI=1S/C31H45N3/c1-3-5-7-8-9-10-11-12-13-26-23-33-30(34-24-26)29-16-14-27(15-17-29)28-18-21-31(25-32,22-19-28)20-6-4-2/h14-17,23-24,28H,3-13,18-22H2,1-2H3. The molecule has 0 amide bonds. The number of rotatable bonds is 14. The largest absolute Gasteiger partial charge is 0.236 e. The predicted octanol–water partition coefficient (Wildman–Crippen LogP) is 9.18. The molecule has 0 atom stereocenters. The van der Waals surface area contributed by atoms with Crippen molar-refractivity contribution in [1.82, 2.24) is 9.97 Å². The van der Waals surface area contributed by atoms with E-state index in [2.05, 4.69) is 54.2 Å². The van der Waals surface area contributed by atoms with Gasteiger partial charge in [-0.2, -0.15) is 5.26 Å². The van der Waals surface area contributed by atoms with Crippen molar-refractivity contribution in [2.24, 2.45) is 5.41 Å². The molecule has 3 heteroatoms. The maximum Gasteiger partial charge on any atom is 0.159 e. The summed E-state index contributed by atoms with van der Waals surface area (Å²) in [6, 6.07) is 11.5. The van der Waals surface area contributed by atoms with Gasteiger partial charge in [0, 0.05) is 18.0 Å². The van der Waals surface area contributed by atoms with Gasteiger partial charge in [0.25, 0.3) is 0 Å².